The lowest BCUT2D eigenvalue weighted by Crippen LogP contribution is -1.91. The number of hydrogen-bond acceptors (Lipinski definition) is 0. The molecule has 0 saturated carbocycles. The summed E-state index contributed by atoms with van der Waals surface area (Å²) in [5.41, 5.74) is 3.87. The Morgan fingerprint density at radius 3 is 2.69 bits per heavy atom. The van der Waals surface area contributed by atoms with Gasteiger partial charge in [-0.25, -0.2) is 0 Å². The Morgan fingerprint density at radius 2 is 2.00 bits per heavy atom. The van der Waals surface area contributed by atoms with Crippen LogP contribution in [0.15, 0.2) is 43.0 Å². The van der Waals surface area contributed by atoms with Gasteiger partial charge in [-0.15, -0.1) is 0 Å². The molecule has 0 saturated heterocycles. The zero-order chi connectivity index (χ0) is 11.8. The summed E-state index contributed by atoms with van der Waals surface area (Å²) in [4.78, 5) is 0. The highest BCUT2D eigenvalue weighted by molar-refractivity contribution is 5.74. The van der Waals surface area contributed by atoms with Gasteiger partial charge in [0.25, 0.3) is 0 Å². The molecular weight excluding hydrogens is 192 g/mol. The predicted octanol–water partition coefficient (Wildman–Crippen LogP) is 5.01. The highest BCUT2D eigenvalue weighted by atomic mass is 14.1. The van der Waals surface area contributed by atoms with E-state index in [1.54, 1.807) is 0 Å². The first kappa shape index (κ1) is 12.8. The predicted molar refractivity (Wildman–Crippen MR) is 73.5 cm³/mol. The van der Waals surface area contributed by atoms with Gasteiger partial charge in [0, 0.05) is 0 Å². The van der Waals surface area contributed by atoms with E-state index in [9.17, 15) is 0 Å². The van der Waals surface area contributed by atoms with Crippen LogP contribution < -0.4 is 0 Å². The van der Waals surface area contributed by atoms with Gasteiger partial charge in [0.2, 0.25) is 0 Å². The maximum Gasteiger partial charge on any atom is -0.0158 e. The summed E-state index contributed by atoms with van der Waals surface area (Å²) in [6, 6.07) is 8.60. The molecule has 0 aromatic heterocycles. The molecule has 0 bridgehead atoms. The van der Waals surface area contributed by atoms with Crippen molar-refractivity contribution in [3.05, 3.63) is 54.1 Å². The molecule has 1 aromatic rings. The first-order chi connectivity index (χ1) is 7.79. The summed E-state index contributed by atoms with van der Waals surface area (Å²) >= 11 is 0. The maximum atomic E-state index is 4.14. The van der Waals surface area contributed by atoms with Crippen molar-refractivity contribution in [3.8, 4) is 0 Å². The van der Waals surface area contributed by atoms with Gasteiger partial charge in [0.15, 0.2) is 0 Å². The molecule has 0 nitrogen and oxygen atoms in total. The Bertz CT molecular complexity index is 358. The van der Waals surface area contributed by atoms with Crippen LogP contribution in [-0.2, 0) is 6.42 Å². The van der Waals surface area contributed by atoms with Crippen molar-refractivity contribution < 1.29 is 0 Å². The van der Waals surface area contributed by atoms with E-state index in [1.165, 1.54) is 24.0 Å². The van der Waals surface area contributed by atoms with Crippen molar-refractivity contribution in [2.24, 2.45) is 0 Å². The maximum absolute atomic E-state index is 4.14. The lowest BCUT2D eigenvalue weighted by molar-refractivity contribution is 0.794. The Balaban J connectivity index is 2.85. The lowest BCUT2D eigenvalue weighted by atomic mass is 9.97. The van der Waals surface area contributed by atoms with Crippen LogP contribution in [0.1, 0.15) is 44.2 Å². The number of aryl methyl sites for hydroxylation is 1. The highest BCUT2D eigenvalue weighted by Crippen LogP contribution is 2.20. The molecule has 16 heavy (non-hydrogen) atoms. The topological polar surface area (TPSA) is 0 Å². The molecule has 0 aliphatic rings. The molecule has 0 aliphatic carbocycles. The molecule has 0 aliphatic heterocycles. The summed E-state index contributed by atoms with van der Waals surface area (Å²) in [6.07, 6.45) is 9.01. The highest BCUT2D eigenvalue weighted by Gasteiger charge is 2.02. The van der Waals surface area contributed by atoms with Crippen molar-refractivity contribution >= 4 is 5.57 Å². The second-order valence-corrected chi connectivity index (χ2v) is 4.10. The van der Waals surface area contributed by atoms with E-state index in [0.717, 1.165) is 18.4 Å². The molecule has 0 heterocycles. The lowest BCUT2D eigenvalue weighted by Gasteiger charge is -2.08. The van der Waals surface area contributed by atoms with E-state index in [4.69, 9.17) is 0 Å². The number of hydrogen-bond donors (Lipinski definition) is 0. The normalized spacial score (nSPS) is 10.9. The van der Waals surface area contributed by atoms with Crippen LogP contribution in [0.5, 0.6) is 0 Å². The van der Waals surface area contributed by atoms with Crippen LogP contribution in [0.4, 0.5) is 0 Å². The van der Waals surface area contributed by atoms with Crippen LogP contribution in [0.25, 0.3) is 5.57 Å². The van der Waals surface area contributed by atoms with Gasteiger partial charge in [-0.3, -0.25) is 0 Å². The second kappa shape index (κ2) is 7.05. The average molecular weight is 214 g/mol. The van der Waals surface area contributed by atoms with Crippen molar-refractivity contribution in [2.45, 2.75) is 39.5 Å². The minimum atomic E-state index is 1.07. The number of unbranched alkanes of at least 4 members (excludes halogenated alkanes) is 1. The number of rotatable bonds is 6. The fourth-order valence-corrected chi connectivity index (χ4v) is 1.77. The monoisotopic (exact) mass is 214 g/mol. The molecule has 86 valence electrons. The molecular formula is C16H22. The van der Waals surface area contributed by atoms with Crippen molar-refractivity contribution in [3.63, 3.8) is 0 Å². The van der Waals surface area contributed by atoms with Crippen LogP contribution in [-0.4, -0.2) is 0 Å². The van der Waals surface area contributed by atoms with Crippen LogP contribution in [0, 0.1) is 0 Å². The van der Waals surface area contributed by atoms with Gasteiger partial charge >= 0.3 is 0 Å². The first-order valence-electron chi connectivity index (χ1n) is 6.23. The minimum Gasteiger partial charge on any atom is -0.0912 e. The fourth-order valence-electron chi connectivity index (χ4n) is 1.77. The van der Waals surface area contributed by atoms with Crippen molar-refractivity contribution in [1.82, 2.24) is 0 Å². The van der Waals surface area contributed by atoms with Gasteiger partial charge < -0.3 is 0 Å². The smallest absolute Gasteiger partial charge is 0.0158 e. The second-order valence-electron chi connectivity index (χ2n) is 4.10. The Labute approximate surface area is 99.7 Å². The summed E-state index contributed by atoms with van der Waals surface area (Å²) in [5.74, 6) is 0. The van der Waals surface area contributed by atoms with E-state index in [-0.39, 0.29) is 0 Å². The molecule has 0 amide bonds. The van der Waals surface area contributed by atoms with Gasteiger partial charge in [-0.1, -0.05) is 63.3 Å². The number of allylic oxidation sites excluding steroid dienone is 3. The Hall–Kier alpha value is -1.30. The summed E-state index contributed by atoms with van der Waals surface area (Å²) in [5, 5.41) is 0. The van der Waals surface area contributed by atoms with E-state index in [0.29, 0.717) is 0 Å². The Kier molecular flexibility index (Phi) is 5.63. The number of benzene rings is 1. The largest absolute Gasteiger partial charge is 0.0912 e. The fraction of sp³-hybridized carbons (Fsp3) is 0.375. The van der Waals surface area contributed by atoms with E-state index in [2.05, 4.69) is 56.8 Å². The van der Waals surface area contributed by atoms with Crippen LogP contribution in [0.3, 0.4) is 0 Å². The zero-order valence-electron chi connectivity index (χ0n) is 10.5. The third-order valence-corrected chi connectivity index (χ3v) is 2.72. The third-order valence-electron chi connectivity index (χ3n) is 2.72. The third kappa shape index (κ3) is 3.69. The molecule has 0 N–H and O–H groups in total. The first-order valence-corrected chi connectivity index (χ1v) is 6.23. The van der Waals surface area contributed by atoms with Crippen molar-refractivity contribution in [1.29, 1.82) is 0 Å². The molecule has 0 fully saturated rings. The Morgan fingerprint density at radius 1 is 1.25 bits per heavy atom. The molecule has 1 aromatic carbocycles. The molecule has 0 atom stereocenters. The minimum absolute atomic E-state index is 1.07. The van der Waals surface area contributed by atoms with E-state index >= 15 is 0 Å². The summed E-state index contributed by atoms with van der Waals surface area (Å²) < 4.78 is 0. The summed E-state index contributed by atoms with van der Waals surface area (Å²) in [6.45, 7) is 8.52. The zero-order valence-corrected chi connectivity index (χ0v) is 10.5. The van der Waals surface area contributed by atoms with Gasteiger partial charge in [-0.05, 0) is 36.0 Å². The summed E-state index contributed by atoms with van der Waals surface area (Å²) in [7, 11) is 0. The molecule has 0 unspecified atom stereocenters. The van der Waals surface area contributed by atoms with Crippen LogP contribution in [0.2, 0.25) is 0 Å². The SMILES string of the molecule is C=C(/C=C\CC)c1ccccc1CCCC. The van der Waals surface area contributed by atoms with E-state index in [1.807, 2.05) is 0 Å². The van der Waals surface area contributed by atoms with E-state index < -0.39 is 0 Å². The van der Waals surface area contributed by atoms with Gasteiger partial charge in [0.1, 0.15) is 0 Å². The molecule has 0 heteroatoms. The average Bonchev–Trinajstić information content (AvgIpc) is 2.33. The van der Waals surface area contributed by atoms with Gasteiger partial charge in [-0.2, -0.15) is 0 Å². The molecule has 1 rings (SSSR count). The standard InChI is InChI=1S/C16H22/c1-4-6-10-14(3)16-13-9-8-12-15(16)11-7-5-2/h6,8-10,12-13H,3-5,7,11H2,1-2H3/b10-6-. The molecule has 0 radical (unpaired) electrons. The molecule has 0 spiro atoms. The quantitative estimate of drug-likeness (QED) is 0.584. The van der Waals surface area contributed by atoms with Crippen molar-refractivity contribution in [2.75, 3.05) is 0 Å². The van der Waals surface area contributed by atoms with Crippen LogP contribution >= 0.6 is 0 Å². The van der Waals surface area contributed by atoms with Gasteiger partial charge in [0.05, 0.1) is 0 Å².